The van der Waals surface area contributed by atoms with Crippen LogP contribution in [0.5, 0.6) is 0 Å². The van der Waals surface area contributed by atoms with E-state index in [2.05, 4.69) is 10.1 Å². The second kappa shape index (κ2) is 3.70. The standard InChI is InChI=1S/C7H4ClN3O4/c8-3-5-9-7(10-15-5)4-1-2-6(14-4)11(12)13/h1-2H,3H2. The van der Waals surface area contributed by atoms with Crippen LogP contribution in [0, 0.1) is 10.1 Å². The molecule has 8 heteroatoms. The largest absolute Gasteiger partial charge is 0.433 e. The summed E-state index contributed by atoms with van der Waals surface area (Å²) in [6, 6.07) is 2.60. The third kappa shape index (κ3) is 1.82. The van der Waals surface area contributed by atoms with E-state index >= 15 is 0 Å². The molecule has 0 aliphatic carbocycles. The molecule has 0 aromatic carbocycles. The molecule has 0 spiro atoms. The van der Waals surface area contributed by atoms with Gasteiger partial charge in [-0.05, 0) is 6.07 Å². The summed E-state index contributed by atoms with van der Waals surface area (Å²) < 4.78 is 9.58. The van der Waals surface area contributed by atoms with Crippen LogP contribution in [0.3, 0.4) is 0 Å². The molecule has 0 fully saturated rings. The maximum Gasteiger partial charge on any atom is 0.433 e. The van der Waals surface area contributed by atoms with Gasteiger partial charge in [0, 0.05) is 0 Å². The first-order chi connectivity index (χ1) is 7.20. The van der Waals surface area contributed by atoms with Crippen LogP contribution in [-0.2, 0) is 5.88 Å². The average molecular weight is 230 g/mol. The second-order valence-electron chi connectivity index (χ2n) is 2.54. The van der Waals surface area contributed by atoms with Crippen molar-refractivity contribution in [2.24, 2.45) is 0 Å². The Labute approximate surface area is 87.8 Å². The SMILES string of the molecule is O=[N+]([O-])c1ccc(-c2noc(CCl)n2)o1. The van der Waals surface area contributed by atoms with Gasteiger partial charge in [0.25, 0.3) is 0 Å². The van der Waals surface area contributed by atoms with Gasteiger partial charge in [-0.15, -0.1) is 11.6 Å². The van der Waals surface area contributed by atoms with Crippen LogP contribution >= 0.6 is 11.6 Å². The van der Waals surface area contributed by atoms with E-state index < -0.39 is 4.92 Å². The number of rotatable bonds is 3. The first-order valence-corrected chi connectivity index (χ1v) is 4.37. The summed E-state index contributed by atoms with van der Waals surface area (Å²) in [6.45, 7) is 0. The minimum Gasteiger partial charge on any atom is -0.397 e. The summed E-state index contributed by atoms with van der Waals surface area (Å²) in [7, 11) is 0. The van der Waals surface area contributed by atoms with Crippen LogP contribution in [0.1, 0.15) is 5.89 Å². The van der Waals surface area contributed by atoms with Gasteiger partial charge in [-0.25, -0.2) is 0 Å². The van der Waals surface area contributed by atoms with E-state index in [0.29, 0.717) is 0 Å². The molecule has 0 atom stereocenters. The van der Waals surface area contributed by atoms with Crippen LogP contribution in [0.15, 0.2) is 21.1 Å². The lowest BCUT2D eigenvalue weighted by molar-refractivity contribution is -0.401. The zero-order valence-electron chi connectivity index (χ0n) is 7.21. The molecule has 0 saturated carbocycles. The van der Waals surface area contributed by atoms with Crippen molar-refractivity contribution in [3.63, 3.8) is 0 Å². The minimum atomic E-state index is -0.647. The Morgan fingerprint density at radius 3 is 2.87 bits per heavy atom. The van der Waals surface area contributed by atoms with Crippen molar-refractivity contribution in [1.82, 2.24) is 10.1 Å². The van der Waals surface area contributed by atoms with Crippen molar-refractivity contribution in [3.05, 3.63) is 28.1 Å². The molecule has 2 heterocycles. The Bertz CT molecular complexity index is 492. The molecule has 0 radical (unpaired) electrons. The average Bonchev–Trinajstić information content (AvgIpc) is 2.86. The molecular formula is C7H4ClN3O4. The number of nitro groups is 1. The normalized spacial score (nSPS) is 10.5. The van der Waals surface area contributed by atoms with Gasteiger partial charge >= 0.3 is 5.88 Å². The third-order valence-electron chi connectivity index (χ3n) is 1.57. The topological polar surface area (TPSA) is 95.2 Å². The van der Waals surface area contributed by atoms with Gasteiger partial charge in [0.15, 0.2) is 5.76 Å². The highest BCUT2D eigenvalue weighted by atomic mass is 35.5. The number of hydrogen-bond donors (Lipinski definition) is 0. The van der Waals surface area contributed by atoms with E-state index in [1.807, 2.05) is 0 Å². The highest BCUT2D eigenvalue weighted by molar-refractivity contribution is 6.16. The molecular weight excluding hydrogens is 226 g/mol. The van der Waals surface area contributed by atoms with Crippen molar-refractivity contribution < 1.29 is 13.9 Å². The zero-order valence-corrected chi connectivity index (χ0v) is 7.97. The molecule has 0 aliphatic heterocycles. The van der Waals surface area contributed by atoms with Crippen molar-refractivity contribution in [2.75, 3.05) is 0 Å². The number of alkyl halides is 1. The van der Waals surface area contributed by atoms with E-state index in [1.165, 1.54) is 12.1 Å². The molecule has 0 aliphatic rings. The Balaban J connectivity index is 2.32. The van der Waals surface area contributed by atoms with Gasteiger partial charge in [-0.1, -0.05) is 5.16 Å². The summed E-state index contributed by atoms with van der Waals surface area (Å²) in [6.07, 6.45) is 0. The Kier molecular flexibility index (Phi) is 2.38. The molecule has 15 heavy (non-hydrogen) atoms. The van der Waals surface area contributed by atoms with E-state index in [1.54, 1.807) is 0 Å². The van der Waals surface area contributed by atoms with Gasteiger partial charge in [0.2, 0.25) is 11.7 Å². The summed E-state index contributed by atoms with van der Waals surface area (Å²) in [4.78, 5) is 13.5. The Morgan fingerprint density at radius 1 is 1.53 bits per heavy atom. The van der Waals surface area contributed by atoms with Crippen molar-refractivity contribution >= 4 is 17.5 Å². The monoisotopic (exact) mass is 229 g/mol. The fourth-order valence-corrected chi connectivity index (χ4v) is 1.06. The fourth-order valence-electron chi connectivity index (χ4n) is 0.955. The highest BCUT2D eigenvalue weighted by Gasteiger charge is 2.16. The van der Waals surface area contributed by atoms with Gasteiger partial charge in [-0.2, -0.15) is 4.98 Å². The predicted molar refractivity (Wildman–Crippen MR) is 48.2 cm³/mol. The summed E-state index contributed by atoms with van der Waals surface area (Å²) in [5.74, 6) is 0.240. The molecule has 2 rings (SSSR count). The van der Waals surface area contributed by atoms with Crippen molar-refractivity contribution in [2.45, 2.75) is 5.88 Å². The maximum atomic E-state index is 10.3. The molecule has 2 aromatic rings. The lowest BCUT2D eigenvalue weighted by Gasteiger charge is -1.83. The quantitative estimate of drug-likeness (QED) is 0.454. The van der Waals surface area contributed by atoms with Gasteiger partial charge < -0.3 is 8.94 Å². The van der Waals surface area contributed by atoms with Crippen LogP contribution in [0.4, 0.5) is 5.88 Å². The Morgan fingerprint density at radius 2 is 2.33 bits per heavy atom. The molecule has 0 saturated heterocycles. The number of hydrogen-bond acceptors (Lipinski definition) is 6. The molecule has 2 aromatic heterocycles. The first kappa shape index (κ1) is 9.66. The number of aromatic nitrogens is 2. The fraction of sp³-hybridized carbons (Fsp3) is 0.143. The zero-order chi connectivity index (χ0) is 10.8. The highest BCUT2D eigenvalue weighted by Crippen LogP contribution is 2.23. The van der Waals surface area contributed by atoms with E-state index in [0.717, 1.165) is 0 Å². The maximum absolute atomic E-state index is 10.3. The summed E-state index contributed by atoms with van der Waals surface area (Å²) in [5.41, 5.74) is 0. The van der Waals surface area contributed by atoms with Crippen LogP contribution in [0.2, 0.25) is 0 Å². The number of halogens is 1. The summed E-state index contributed by atoms with van der Waals surface area (Å²) in [5, 5.41) is 13.9. The van der Waals surface area contributed by atoms with Crippen LogP contribution in [0.25, 0.3) is 11.6 Å². The first-order valence-electron chi connectivity index (χ1n) is 3.84. The third-order valence-corrected chi connectivity index (χ3v) is 1.80. The van der Waals surface area contributed by atoms with Crippen LogP contribution in [-0.4, -0.2) is 15.1 Å². The molecule has 7 nitrogen and oxygen atoms in total. The van der Waals surface area contributed by atoms with E-state index in [-0.39, 0.29) is 29.2 Å². The molecule has 0 amide bonds. The van der Waals surface area contributed by atoms with E-state index in [4.69, 9.17) is 20.5 Å². The van der Waals surface area contributed by atoms with Gasteiger partial charge in [-0.3, -0.25) is 10.1 Å². The smallest absolute Gasteiger partial charge is 0.397 e. The van der Waals surface area contributed by atoms with E-state index in [9.17, 15) is 10.1 Å². The van der Waals surface area contributed by atoms with Gasteiger partial charge in [0.05, 0.1) is 6.07 Å². The van der Waals surface area contributed by atoms with Crippen LogP contribution < -0.4 is 0 Å². The minimum absolute atomic E-state index is 0.0792. The van der Waals surface area contributed by atoms with Crippen molar-refractivity contribution in [3.8, 4) is 11.6 Å². The Hall–Kier alpha value is -1.89. The van der Waals surface area contributed by atoms with Gasteiger partial charge in [0.1, 0.15) is 10.8 Å². The molecule has 0 unspecified atom stereocenters. The lowest BCUT2D eigenvalue weighted by atomic mass is 10.4. The lowest BCUT2D eigenvalue weighted by Crippen LogP contribution is -1.83. The van der Waals surface area contributed by atoms with Crippen molar-refractivity contribution in [1.29, 1.82) is 0 Å². The molecule has 78 valence electrons. The summed E-state index contributed by atoms with van der Waals surface area (Å²) >= 11 is 5.45. The number of nitrogens with zero attached hydrogens (tertiary/aromatic N) is 3. The number of furan rings is 1. The second-order valence-corrected chi connectivity index (χ2v) is 2.81. The molecule has 0 bridgehead atoms. The molecule has 0 N–H and O–H groups in total. The predicted octanol–water partition coefficient (Wildman–Crippen LogP) is 1.98.